The highest BCUT2D eigenvalue weighted by molar-refractivity contribution is 6.00. The summed E-state index contributed by atoms with van der Waals surface area (Å²) >= 11 is 0. The number of ether oxygens (including phenoxy) is 2. The summed E-state index contributed by atoms with van der Waals surface area (Å²) in [6.45, 7) is -0.396. The highest BCUT2D eigenvalue weighted by Gasteiger charge is 2.25. The van der Waals surface area contributed by atoms with Gasteiger partial charge >= 0.3 is 5.97 Å². The third-order valence-corrected chi connectivity index (χ3v) is 3.98. The number of nitrogens with zero attached hydrogens (tertiary/aromatic N) is 4. The van der Waals surface area contributed by atoms with Crippen molar-refractivity contribution in [3.63, 3.8) is 0 Å². The molecule has 0 saturated carbocycles. The Morgan fingerprint density at radius 2 is 1.81 bits per heavy atom. The molecule has 3 aromatic rings. The maximum atomic E-state index is 12.6. The van der Waals surface area contributed by atoms with Gasteiger partial charge in [-0.2, -0.15) is 0 Å². The van der Waals surface area contributed by atoms with Crippen molar-refractivity contribution < 1.29 is 19.1 Å². The van der Waals surface area contributed by atoms with E-state index in [1.54, 1.807) is 24.3 Å². The molecule has 0 saturated heterocycles. The minimum atomic E-state index is -0.770. The number of rotatable bonds is 8. The number of Topliss-reactive ketones (excluding diaryl/α,β-unsaturated/α-hetero) is 1. The quantitative estimate of drug-likeness (QED) is 0.444. The summed E-state index contributed by atoms with van der Waals surface area (Å²) in [5.41, 5.74) is 1.28. The van der Waals surface area contributed by atoms with Crippen LogP contribution in [0.3, 0.4) is 0 Å². The van der Waals surface area contributed by atoms with Gasteiger partial charge in [0.2, 0.25) is 5.78 Å². The molecule has 0 amide bonds. The number of carbonyl (C=O) groups is 2. The maximum Gasteiger partial charge on any atom is 0.331 e. The van der Waals surface area contributed by atoms with Crippen LogP contribution in [0, 0.1) is 0 Å². The van der Waals surface area contributed by atoms with E-state index in [1.807, 2.05) is 30.3 Å². The average molecular weight is 366 g/mol. The molecule has 0 N–H and O–H groups in total. The van der Waals surface area contributed by atoms with Gasteiger partial charge in [-0.1, -0.05) is 42.5 Å². The second-order valence-corrected chi connectivity index (χ2v) is 5.73. The first-order valence-electron chi connectivity index (χ1n) is 8.28. The summed E-state index contributed by atoms with van der Waals surface area (Å²) in [5.74, 6) is -0.509. The standard InChI is InChI=1S/C19H18N4O4/c1-26-18-10-6-5-9-15(18)17(24)12-27-19(25)16(23-13-20-21-22-23)11-14-7-3-2-4-8-14/h2-10,13,16H,11-12H2,1H3/t16-/m1/s1. The molecule has 0 fully saturated rings. The van der Waals surface area contributed by atoms with E-state index in [0.717, 1.165) is 5.56 Å². The lowest BCUT2D eigenvalue weighted by atomic mass is 10.1. The minimum Gasteiger partial charge on any atom is -0.496 e. The Kier molecular flexibility index (Phi) is 5.88. The number of hydrogen-bond donors (Lipinski definition) is 0. The van der Waals surface area contributed by atoms with Crippen molar-refractivity contribution in [2.24, 2.45) is 0 Å². The predicted octanol–water partition coefficient (Wildman–Crippen LogP) is 1.89. The minimum absolute atomic E-state index is 0.341. The Balaban J connectivity index is 1.70. The number of ketones is 1. The molecular weight excluding hydrogens is 348 g/mol. The molecule has 3 rings (SSSR count). The number of methoxy groups -OCH3 is 1. The largest absolute Gasteiger partial charge is 0.496 e. The molecule has 0 aliphatic rings. The summed E-state index contributed by atoms with van der Waals surface area (Å²) < 4.78 is 11.7. The van der Waals surface area contributed by atoms with Gasteiger partial charge in [0.1, 0.15) is 12.1 Å². The van der Waals surface area contributed by atoms with Crippen LogP contribution in [0.5, 0.6) is 5.75 Å². The van der Waals surface area contributed by atoms with Crippen molar-refractivity contribution in [2.75, 3.05) is 13.7 Å². The maximum absolute atomic E-state index is 12.6. The van der Waals surface area contributed by atoms with Gasteiger partial charge in [-0.25, -0.2) is 9.48 Å². The molecule has 0 aliphatic heterocycles. The Morgan fingerprint density at radius 1 is 1.07 bits per heavy atom. The molecule has 0 spiro atoms. The summed E-state index contributed by atoms with van der Waals surface area (Å²) in [6.07, 6.45) is 1.68. The van der Waals surface area contributed by atoms with Gasteiger partial charge in [-0.3, -0.25) is 4.79 Å². The van der Waals surface area contributed by atoms with Crippen molar-refractivity contribution in [3.05, 3.63) is 72.1 Å². The van der Waals surface area contributed by atoms with Crippen LogP contribution >= 0.6 is 0 Å². The van der Waals surface area contributed by atoms with Gasteiger partial charge in [-0.15, -0.1) is 5.10 Å². The molecule has 1 aromatic heterocycles. The average Bonchev–Trinajstić information content (AvgIpc) is 3.25. The number of esters is 1. The van der Waals surface area contributed by atoms with Gasteiger partial charge in [0, 0.05) is 6.42 Å². The molecule has 2 aromatic carbocycles. The fourth-order valence-electron chi connectivity index (χ4n) is 2.62. The SMILES string of the molecule is COc1ccccc1C(=O)COC(=O)[C@@H](Cc1ccccc1)n1cnnn1. The van der Waals surface area contributed by atoms with Gasteiger partial charge in [0.25, 0.3) is 0 Å². The van der Waals surface area contributed by atoms with E-state index in [2.05, 4.69) is 15.5 Å². The van der Waals surface area contributed by atoms with E-state index in [9.17, 15) is 9.59 Å². The van der Waals surface area contributed by atoms with Crippen molar-refractivity contribution in [2.45, 2.75) is 12.5 Å². The molecule has 8 heteroatoms. The molecule has 1 atom stereocenters. The summed E-state index contributed by atoms with van der Waals surface area (Å²) in [4.78, 5) is 25.0. The lowest BCUT2D eigenvalue weighted by molar-refractivity contribution is -0.146. The highest BCUT2D eigenvalue weighted by atomic mass is 16.5. The van der Waals surface area contributed by atoms with Crippen LogP contribution in [0.15, 0.2) is 60.9 Å². The second kappa shape index (κ2) is 8.70. The van der Waals surface area contributed by atoms with Crippen LogP contribution in [-0.2, 0) is 16.0 Å². The van der Waals surface area contributed by atoms with Crippen LogP contribution in [0.4, 0.5) is 0 Å². The highest BCUT2D eigenvalue weighted by Crippen LogP contribution is 2.19. The topological polar surface area (TPSA) is 96.2 Å². The zero-order valence-electron chi connectivity index (χ0n) is 14.7. The zero-order chi connectivity index (χ0) is 19.1. The van der Waals surface area contributed by atoms with Crippen molar-refractivity contribution in [1.29, 1.82) is 0 Å². The monoisotopic (exact) mass is 366 g/mol. The smallest absolute Gasteiger partial charge is 0.331 e. The van der Waals surface area contributed by atoms with E-state index in [0.29, 0.717) is 17.7 Å². The number of benzene rings is 2. The lowest BCUT2D eigenvalue weighted by Crippen LogP contribution is -2.27. The summed E-state index contributed by atoms with van der Waals surface area (Å²) in [6, 6.07) is 15.4. The molecule has 0 radical (unpaired) electrons. The normalized spacial score (nSPS) is 11.6. The molecule has 0 aliphatic carbocycles. The first-order valence-corrected chi connectivity index (χ1v) is 8.28. The number of aromatic nitrogens is 4. The molecule has 0 unspecified atom stereocenters. The molecule has 8 nitrogen and oxygen atoms in total. The van der Waals surface area contributed by atoms with Gasteiger partial charge < -0.3 is 9.47 Å². The van der Waals surface area contributed by atoms with Gasteiger partial charge in [0.05, 0.1) is 12.7 Å². The first kappa shape index (κ1) is 18.2. The molecule has 1 heterocycles. The van der Waals surface area contributed by atoms with E-state index < -0.39 is 18.6 Å². The summed E-state index contributed by atoms with van der Waals surface area (Å²) in [5, 5.41) is 10.9. The number of para-hydroxylation sites is 1. The predicted molar refractivity (Wildman–Crippen MR) is 95.3 cm³/mol. The first-order chi connectivity index (χ1) is 13.2. The Morgan fingerprint density at radius 3 is 2.52 bits per heavy atom. The molecule has 138 valence electrons. The fraction of sp³-hybridized carbons (Fsp3) is 0.211. The van der Waals surface area contributed by atoms with Crippen LogP contribution in [0.1, 0.15) is 22.0 Å². The van der Waals surface area contributed by atoms with E-state index in [4.69, 9.17) is 9.47 Å². The second-order valence-electron chi connectivity index (χ2n) is 5.73. The van der Waals surface area contributed by atoms with Gasteiger partial charge in [0.15, 0.2) is 12.6 Å². The Hall–Kier alpha value is -3.55. The fourth-order valence-corrected chi connectivity index (χ4v) is 2.62. The Labute approximate surface area is 155 Å². The number of tetrazole rings is 1. The van der Waals surface area contributed by atoms with Crippen molar-refractivity contribution in [1.82, 2.24) is 20.2 Å². The van der Waals surface area contributed by atoms with Crippen molar-refractivity contribution in [3.8, 4) is 5.75 Å². The van der Waals surface area contributed by atoms with Gasteiger partial charge in [-0.05, 0) is 28.1 Å². The van der Waals surface area contributed by atoms with E-state index in [1.165, 1.54) is 18.1 Å². The molecular formula is C19H18N4O4. The van der Waals surface area contributed by atoms with Crippen molar-refractivity contribution >= 4 is 11.8 Å². The van der Waals surface area contributed by atoms with Crippen LogP contribution < -0.4 is 4.74 Å². The third kappa shape index (κ3) is 4.55. The lowest BCUT2D eigenvalue weighted by Gasteiger charge is -2.15. The number of hydrogen-bond acceptors (Lipinski definition) is 7. The van der Waals surface area contributed by atoms with Crippen LogP contribution in [0.2, 0.25) is 0 Å². The summed E-state index contributed by atoms with van der Waals surface area (Å²) in [7, 11) is 1.48. The third-order valence-electron chi connectivity index (χ3n) is 3.98. The van der Waals surface area contributed by atoms with Crippen LogP contribution in [0.25, 0.3) is 0 Å². The Bertz CT molecular complexity index is 897. The molecule has 0 bridgehead atoms. The number of carbonyl (C=O) groups excluding carboxylic acids is 2. The molecule has 27 heavy (non-hydrogen) atoms. The van der Waals surface area contributed by atoms with E-state index in [-0.39, 0.29) is 5.78 Å². The van der Waals surface area contributed by atoms with Crippen LogP contribution in [-0.4, -0.2) is 45.7 Å². The van der Waals surface area contributed by atoms with E-state index >= 15 is 0 Å². The zero-order valence-corrected chi connectivity index (χ0v) is 14.7.